The van der Waals surface area contributed by atoms with Crippen molar-refractivity contribution in [3.63, 3.8) is 0 Å². The van der Waals surface area contributed by atoms with Crippen molar-refractivity contribution in [2.24, 2.45) is 0 Å². The SMILES string of the molecule is [c]1ccnn1-c1ccncc1. The summed E-state index contributed by atoms with van der Waals surface area (Å²) in [7, 11) is 0. The summed E-state index contributed by atoms with van der Waals surface area (Å²) >= 11 is 0. The zero-order chi connectivity index (χ0) is 7.52. The Bertz CT molecular complexity index is 312. The molecule has 3 heteroatoms. The van der Waals surface area contributed by atoms with E-state index in [0.29, 0.717) is 0 Å². The molecule has 0 amide bonds. The van der Waals surface area contributed by atoms with Crippen LogP contribution >= 0.6 is 0 Å². The summed E-state index contributed by atoms with van der Waals surface area (Å²) in [5.41, 5.74) is 0.977. The van der Waals surface area contributed by atoms with Crippen LogP contribution in [0.1, 0.15) is 0 Å². The van der Waals surface area contributed by atoms with Gasteiger partial charge in [-0.3, -0.25) is 4.98 Å². The molecule has 0 saturated carbocycles. The van der Waals surface area contributed by atoms with Crippen molar-refractivity contribution in [3.8, 4) is 5.69 Å². The number of rotatable bonds is 1. The molecule has 0 spiro atoms. The van der Waals surface area contributed by atoms with Gasteiger partial charge < -0.3 is 0 Å². The van der Waals surface area contributed by atoms with Gasteiger partial charge in [-0.25, -0.2) is 4.68 Å². The van der Waals surface area contributed by atoms with Gasteiger partial charge in [0.05, 0.1) is 18.1 Å². The van der Waals surface area contributed by atoms with Gasteiger partial charge in [-0.05, 0) is 18.2 Å². The van der Waals surface area contributed by atoms with Gasteiger partial charge in [-0.15, -0.1) is 0 Å². The highest BCUT2D eigenvalue weighted by atomic mass is 15.3. The molecule has 11 heavy (non-hydrogen) atoms. The Morgan fingerprint density at radius 2 is 2.00 bits per heavy atom. The molecule has 53 valence electrons. The lowest BCUT2D eigenvalue weighted by molar-refractivity contribution is 0.871. The first kappa shape index (κ1) is 6.09. The van der Waals surface area contributed by atoms with Gasteiger partial charge in [-0.1, -0.05) is 0 Å². The largest absolute Gasteiger partial charge is 0.265 e. The molecule has 0 atom stereocenters. The lowest BCUT2D eigenvalue weighted by Gasteiger charge is -1.96. The molecular formula is C8H6N3. The standard InChI is InChI=1S/C8H6N3/c1-4-10-11(7-1)8-2-5-9-6-3-8/h1-6H. The maximum atomic E-state index is 4.02. The van der Waals surface area contributed by atoms with Crippen molar-refractivity contribution in [3.05, 3.63) is 43.0 Å². The first-order chi connectivity index (χ1) is 5.47. The molecule has 2 aromatic rings. The van der Waals surface area contributed by atoms with Gasteiger partial charge in [0.2, 0.25) is 0 Å². The van der Waals surface area contributed by atoms with Gasteiger partial charge in [0.15, 0.2) is 0 Å². The van der Waals surface area contributed by atoms with Crippen LogP contribution in [0.15, 0.2) is 36.8 Å². The van der Waals surface area contributed by atoms with E-state index >= 15 is 0 Å². The first-order valence-corrected chi connectivity index (χ1v) is 3.29. The molecule has 3 nitrogen and oxygen atoms in total. The highest BCUT2D eigenvalue weighted by molar-refractivity contribution is 5.26. The maximum Gasteiger partial charge on any atom is 0.0926 e. The summed E-state index contributed by atoms with van der Waals surface area (Å²) in [4.78, 5) is 3.90. The lowest BCUT2D eigenvalue weighted by Crippen LogP contribution is -1.93. The summed E-state index contributed by atoms with van der Waals surface area (Å²) in [6, 6.07) is 5.52. The quantitative estimate of drug-likeness (QED) is 0.599. The third-order valence-electron chi connectivity index (χ3n) is 1.36. The highest BCUT2D eigenvalue weighted by Crippen LogP contribution is 2.01. The molecular weight excluding hydrogens is 138 g/mol. The van der Waals surface area contributed by atoms with Crippen LogP contribution in [-0.4, -0.2) is 14.8 Å². The smallest absolute Gasteiger partial charge is 0.0926 e. The van der Waals surface area contributed by atoms with E-state index in [-0.39, 0.29) is 0 Å². The van der Waals surface area contributed by atoms with E-state index in [4.69, 9.17) is 0 Å². The topological polar surface area (TPSA) is 30.7 Å². The fraction of sp³-hybridized carbons (Fsp3) is 0. The molecule has 0 aromatic carbocycles. The Balaban J connectivity index is 2.46. The normalized spacial score (nSPS) is 9.82. The van der Waals surface area contributed by atoms with E-state index in [0.717, 1.165) is 5.69 Å². The van der Waals surface area contributed by atoms with E-state index in [1.54, 1.807) is 29.3 Å². The van der Waals surface area contributed by atoms with Gasteiger partial charge in [-0.2, -0.15) is 5.10 Å². The second-order valence-electron chi connectivity index (χ2n) is 2.08. The Morgan fingerprint density at radius 3 is 2.64 bits per heavy atom. The predicted octanol–water partition coefficient (Wildman–Crippen LogP) is 1.07. The van der Waals surface area contributed by atoms with Crippen LogP contribution < -0.4 is 0 Å². The van der Waals surface area contributed by atoms with Crippen LogP contribution in [0.3, 0.4) is 0 Å². The minimum atomic E-state index is 0.977. The van der Waals surface area contributed by atoms with Crippen LogP contribution in [0.4, 0.5) is 0 Å². The molecule has 1 radical (unpaired) electrons. The Labute approximate surface area is 64.3 Å². The summed E-state index contributed by atoms with van der Waals surface area (Å²) in [5, 5.41) is 4.02. The van der Waals surface area contributed by atoms with Crippen molar-refractivity contribution >= 4 is 0 Å². The molecule has 2 aromatic heterocycles. The van der Waals surface area contributed by atoms with E-state index in [1.165, 1.54) is 0 Å². The predicted molar refractivity (Wildman–Crippen MR) is 40.2 cm³/mol. The van der Waals surface area contributed by atoms with Crippen LogP contribution in [0, 0.1) is 6.20 Å². The summed E-state index contributed by atoms with van der Waals surface area (Å²) in [6.07, 6.45) is 8.08. The molecule has 0 N–H and O–H groups in total. The zero-order valence-corrected chi connectivity index (χ0v) is 5.81. The molecule has 0 bridgehead atoms. The van der Waals surface area contributed by atoms with Crippen molar-refractivity contribution in [2.45, 2.75) is 0 Å². The van der Waals surface area contributed by atoms with Gasteiger partial charge >= 0.3 is 0 Å². The fourth-order valence-corrected chi connectivity index (χ4v) is 0.864. The van der Waals surface area contributed by atoms with Crippen molar-refractivity contribution < 1.29 is 0 Å². The lowest BCUT2D eigenvalue weighted by atomic mass is 10.4. The summed E-state index contributed by atoms with van der Waals surface area (Å²) in [5.74, 6) is 0. The number of pyridine rings is 1. The fourth-order valence-electron chi connectivity index (χ4n) is 0.864. The second-order valence-corrected chi connectivity index (χ2v) is 2.08. The van der Waals surface area contributed by atoms with E-state index in [2.05, 4.69) is 16.3 Å². The average Bonchev–Trinajstić information content (AvgIpc) is 2.58. The highest BCUT2D eigenvalue weighted by Gasteiger charge is 1.91. The van der Waals surface area contributed by atoms with Gasteiger partial charge in [0, 0.05) is 12.4 Å². The average molecular weight is 144 g/mol. The third kappa shape index (κ3) is 1.12. The summed E-state index contributed by atoms with van der Waals surface area (Å²) < 4.78 is 1.67. The van der Waals surface area contributed by atoms with E-state index in [9.17, 15) is 0 Å². The molecule has 0 unspecified atom stereocenters. The Kier molecular flexibility index (Phi) is 1.41. The monoisotopic (exact) mass is 144 g/mol. The van der Waals surface area contributed by atoms with Crippen LogP contribution in [0.2, 0.25) is 0 Å². The molecule has 0 saturated heterocycles. The van der Waals surface area contributed by atoms with Crippen molar-refractivity contribution in [1.82, 2.24) is 14.8 Å². The van der Waals surface area contributed by atoms with Gasteiger partial charge in [0.25, 0.3) is 0 Å². The minimum absolute atomic E-state index is 0.977. The number of aromatic nitrogens is 3. The molecule has 0 aliphatic rings. The number of hydrogen-bond donors (Lipinski definition) is 0. The van der Waals surface area contributed by atoms with Gasteiger partial charge in [0.1, 0.15) is 0 Å². The zero-order valence-electron chi connectivity index (χ0n) is 5.81. The van der Waals surface area contributed by atoms with Crippen molar-refractivity contribution in [2.75, 3.05) is 0 Å². The van der Waals surface area contributed by atoms with E-state index in [1.807, 2.05) is 12.1 Å². The van der Waals surface area contributed by atoms with Crippen LogP contribution in [0.25, 0.3) is 5.69 Å². The minimum Gasteiger partial charge on any atom is -0.265 e. The molecule has 0 fully saturated rings. The van der Waals surface area contributed by atoms with E-state index < -0.39 is 0 Å². The first-order valence-electron chi connectivity index (χ1n) is 3.29. The third-order valence-corrected chi connectivity index (χ3v) is 1.36. The summed E-state index contributed by atoms with van der Waals surface area (Å²) in [6.45, 7) is 0. The Hall–Kier alpha value is -1.64. The molecule has 2 heterocycles. The molecule has 2 rings (SSSR count). The van der Waals surface area contributed by atoms with Crippen LogP contribution in [-0.2, 0) is 0 Å². The second kappa shape index (κ2) is 2.54. The van der Waals surface area contributed by atoms with Crippen LogP contribution in [0.5, 0.6) is 0 Å². The maximum absolute atomic E-state index is 4.02. The number of hydrogen-bond acceptors (Lipinski definition) is 2. The van der Waals surface area contributed by atoms with Crippen molar-refractivity contribution in [1.29, 1.82) is 0 Å². The molecule has 0 aliphatic heterocycles. The Morgan fingerprint density at radius 1 is 1.18 bits per heavy atom. The molecule has 0 aliphatic carbocycles. The number of nitrogens with zero attached hydrogens (tertiary/aromatic N) is 3.